The Morgan fingerprint density at radius 1 is 1.11 bits per heavy atom. The molecule has 9 heteroatoms. The Kier molecular flexibility index (Phi) is 6.64. The van der Waals surface area contributed by atoms with Crippen LogP contribution in [0.4, 0.5) is 18.9 Å². The Morgan fingerprint density at radius 2 is 1.85 bits per heavy atom. The lowest BCUT2D eigenvalue weighted by Crippen LogP contribution is -2.17. The highest BCUT2D eigenvalue weighted by molar-refractivity contribution is 5.91. The van der Waals surface area contributed by atoms with Gasteiger partial charge in [-0.05, 0) is 36.4 Å². The molecule has 0 aliphatic rings. The van der Waals surface area contributed by atoms with Crippen LogP contribution >= 0.6 is 0 Å². The maximum atomic E-state index is 12.6. The third-order valence-electron chi connectivity index (χ3n) is 3.35. The molecule has 0 fully saturated rings. The lowest BCUT2D eigenvalue weighted by molar-refractivity contribution is -0.137. The van der Waals surface area contributed by atoms with Gasteiger partial charge in [-0.25, -0.2) is 0 Å². The molecule has 0 aromatic heterocycles. The zero-order valence-electron chi connectivity index (χ0n) is 14.5. The number of carbonyl (C=O) groups excluding carboxylic acids is 1. The Morgan fingerprint density at radius 3 is 2.52 bits per heavy atom. The number of hydrogen-bond donors (Lipinski definition) is 1. The maximum Gasteiger partial charge on any atom is 0.416 e. The van der Waals surface area contributed by atoms with E-state index in [1.807, 2.05) is 0 Å². The Bertz CT molecular complexity index is 822. The average Bonchev–Trinajstić information content (AvgIpc) is 2.64. The molecule has 144 valence electrons. The summed E-state index contributed by atoms with van der Waals surface area (Å²) in [6, 6.07) is 9.35. The van der Waals surface area contributed by atoms with Gasteiger partial charge < -0.3 is 19.6 Å². The molecule has 0 radical (unpaired) electrons. The van der Waals surface area contributed by atoms with Gasteiger partial charge in [0.05, 0.1) is 26.0 Å². The van der Waals surface area contributed by atoms with Gasteiger partial charge in [0, 0.05) is 11.3 Å². The third kappa shape index (κ3) is 5.91. The van der Waals surface area contributed by atoms with Crippen LogP contribution in [-0.2, 0) is 15.8 Å². The predicted molar refractivity (Wildman–Crippen MR) is 93.2 cm³/mol. The number of benzene rings is 2. The molecule has 0 unspecified atom stereocenters. The van der Waals surface area contributed by atoms with Gasteiger partial charge >= 0.3 is 6.18 Å². The van der Waals surface area contributed by atoms with Crippen molar-refractivity contribution in [2.75, 3.05) is 26.1 Å². The number of ether oxygens (including phenoxy) is 2. The molecular formula is C18H17F3N2O4. The topological polar surface area (TPSA) is 69.2 Å². The second-order valence-corrected chi connectivity index (χ2v) is 5.25. The van der Waals surface area contributed by atoms with Crippen LogP contribution < -0.4 is 14.8 Å². The van der Waals surface area contributed by atoms with Crippen molar-refractivity contribution in [3.05, 3.63) is 53.6 Å². The van der Waals surface area contributed by atoms with Crippen molar-refractivity contribution in [2.45, 2.75) is 6.18 Å². The van der Waals surface area contributed by atoms with Gasteiger partial charge in [-0.3, -0.25) is 4.79 Å². The number of methoxy groups -OCH3 is 2. The average molecular weight is 382 g/mol. The number of amides is 1. The molecule has 0 saturated heterocycles. The fourth-order valence-corrected chi connectivity index (χ4v) is 2.10. The summed E-state index contributed by atoms with van der Waals surface area (Å²) in [6.07, 6.45) is -3.12. The first-order chi connectivity index (χ1) is 12.8. The third-order valence-corrected chi connectivity index (χ3v) is 3.35. The number of nitrogens with zero attached hydrogens (tertiary/aromatic N) is 1. The van der Waals surface area contributed by atoms with Crippen molar-refractivity contribution < 1.29 is 32.3 Å². The highest BCUT2D eigenvalue weighted by Gasteiger charge is 2.30. The molecule has 0 aliphatic heterocycles. The van der Waals surface area contributed by atoms with Crippen molar-refractivity contribution in [1.82, 2.24) is 0 Å². The molecule has 0 atom stereocenters. The van der Waals surface area contributed by atoms with Crippen LogP contribution in [0.2, 0.25) is 0 Å². The van der Waals surface area contributed by atoms with Crippen molar-refractivity contribution in [3.8, 4) is 11.5 Å². The van der Waals surface area contributed by atoms with E-state index in [1.165, 1.54) is 32.6 Å². The van der Waals surface area contributed by atoms with Gasteiger partial charge in [0.15, 0.2) is 18.1 Å². The first-order valence-electron chi connectivity index (χ1n) is 7.68. The minimum absolute atomic E-state index is 0.0160. The lowest BCUT2D eigenvalue weighted by atomic mass is 10.2. The molecule has 6 nitrogen and oxygen atoms in total. The fraction of sp³-hybridized carbons (Fsp3) is 0.222. The largest absolute Gasteiger partial charge is 0.493 e. The molecule has 1 amide bonds. The van der Waals surface area contributed by atoms with E-state index in [2.05, 4.69) is 10.5 Å². The first kappa shape index (κ1) is 20.1. The van der Waals surface area contributed by atoms with Gasteiger partial charge in [0.2, 0.25) is 0 Å². The minimum Gasteiger partial charge on any atom is -0.493 e. The maximum absolute atomic E-state index is 12.6. The Hall–Kier alpha value is -3.23. The number of anilines is 1. The summed E-state index contributed by atoms with van der Waals surface area (Å²) < 4.78 is 48.2. The molecule has 2 aromatic rings. The molecule has 2 aromatic carbocycles. The van der Waals surface area contributed by atoms with Crippen molar-refractivity contribution in [3.63, 3.8) is 0 Å². The van der Waals surface area contributed by atoms with Crippen LogP contribution in [0.3, 0.4) is 0 Å². The molecule has 1 N–H and O–H groups in total. The molecule has 0 heterocycles. The number of rotatable bonds is 7. The van der Waals surface area contributed by atoms with Crippen LogP contribution in [-0.4, -0.2) is 32.9 Å². The highest BCUT2D eigenvalue weighted by atomic mass is 19.4. The minimum atomic E-state index is -4.49. The second kappa shape index (κ2) is 8.93. The number of oxime groups is 1. The normalized spacial score (nSPS) is 11.3. The number of carbonyl (C=O) groups is 1. The van der Waals surface area contributed by atoms with Gasteiger partial charge in [0.25, 0.3) is 5.91 Å². The summed E-state index contributed by atoms with van der Waals surface area (Å²) in [6.45, 7) is -0.458. The molecule has 0 saturated carbocycles. The van der Waals surface area contributed by atoms with E-state index in [0.717, 1.165) is 12.1 Å². The Labute approximate surface area is 153 Å². The molecule has 0 aliphatic carbocycles. The van der Waals surface area contributed by atoms with Crippen molar-refractivity contribution >= 4 is 17.8 Å². The number of hydrogen-bond acceptors (Lipinski definition) is 5. The van der Waals surface area contributed by atoms with Crippen molar-refractivity contribution in [1.29, 1.82) is 0 Å². The predicted octanol–water partition coefficient (Wildman–Crippen LogP) is 3.71. The van der Waals surface area contributed by atoms with Crippen LogP contribution in [0.5, 0.6) is 11.5 Å². The quantitative estimate of drug-likeness (QED) is 0.586. The van der Waals surface area contributed by atoms with Gasteiger partial charge in [0.1, 0.15) is 0 Å². The van der Waals surface area contributed by atoms with E-state index in [0.29, 0.717) is 17.1 Å². The summed E-state index contributed by atoms with van der Waals surface area (Å²) in [7, 11) is 3.01. The van der Waals surface area contributed by atoms with E-state index < -0.39 is 24.3 Å². The van der Waals surface area contributed by atoms with E-state index >= 15 is 0 Å². The van der Waals surface area contributed by atoms with Crippen molar-refractivity contribution in [2.24, 2.45) is 5.16 Å². The van der Waals surface area contributed by atoms with Gasteiger partial charge in [-0.15, -0.1) is 0 Å². The van der Waals surface area contributed by atoms with Crippen LogP contribution in [0, 0.1) is 0 Å². The summed E-state index contributed by atoms with van der Waals surface area (Å²) in [5.41, 5.74) is -0.194. The molecule has 2 rings (SSSR count). The molecular weight excluding hydrogens is 365 g/mol. The van der Waals surface area contributed by atoms with Gasteiger partial charge in [-0.2, -0.15) is 13.2 Å². The number of halogens is 3. The molecule has 27 heavy (non-hydrogen) atoms. The highest BCUT2D eigenvalue weighted by Crippen LogP contribution is 2.30. The van der Waals surface area contributed by atoms with Crippen LogP contribution in [0.1, 0.15) is 11.1 Å². The smallest absolute Gasteiger partial charge is 0.416 e. The fourth-order valence-electron chi connectivity index (χ4n) is 2.10. The van der Waals surface area contributed by atoms with Crippen LogP contribution in [0.25, 0.3) is 0 Å². The van der Waals surface area contributed by atoms with E-state index in [1.54, 1.807) is 18.2 Å². The summed E-state index contributed by atoms with van der Waals surface area (Å²) in [5, 5.41) is 5.96. The summed E-state index contributed by atoms with van der Waals surface area (Å²) in [4.78, 5) is 16.6. The van der Waals surface area contributed by atoms with E-state index in [-0.39, 0.29) is 5.69 Å². The summed E-state index contributed by atoms with van der Waals surface area (Å²) in [5.74, 6) is 0.415. The molecule has 0 spiro atoms. The van der Waals surface area contributed by atoms with Gasteiger partial charge in [-0.1, -0.05) is 11.2 Å². The monoisotopic (exact) mass is 382 g/mol. The number of alkyl halides is 3. The lowest BCUT2D eigenvalue weighted by Gasteiger charge is -2.09. The SMILES string of the molecule is COc1ccc(C=NOCC(=O)Nc2cccc(C(F)(F)F)c2)cc1OC. The standard InChI is InChI=1S/C18H17F3N2O4/c1-25-15-7-6-12(8-16(15)26-2)10-22-27-11-17(24)23-14-5-3-4-13(9-14)18(19,20)21/h3-10H,11H2,1-2H3,(H,23,24). The van der Waals surface area contributed by atoms with Crippen LogP contribution in [0.15, 0.2) is 47.6 Å². The Balaban J connectivity index is 1.88. The summed E-state index contributed by atoms with van der Waals surface area (Å²) >= 11 is 0. The first-order valence-corrected chi connectivity index (χ1v) is 7.68. The zero-order chi connectivity index (χ0) is 19.9. The van der Waals surface area contributed by atoms with E-state index in [9.17, 15) is 18.0 Å². The zero-order valence-corrected chi connectivity index (χ0v) is 14.5. The second-order valence-electron chi connectivity index (χ2n) is 5.25. The van der Waals surface area contributed by atoms with E-state index in [4.69, 9.17) is 14.3 Å². The molecule has 0 bridgehead atoms. The number of nitrogens with one attached hydrogen (secondary N) is 1.